The predicted molar refractivity (Wildman–Crippen MR) is 82.5 cm³/mol. The first kappa shape index (κ1) is 16.4. The molecule has 0 aliphatic carbocycles. The summed E-state index contributed by atoms with van der Waals surface area (Å²) in [6.45, 7) is 5.02. The minimum atomic E-state index is -3.51. The Balaban J connectivity index is 2.38. The Hall–Kier alpha value is -0.950. The van der Waals surface area contributed by atoms with E-state index in [0.29, 0.717) is 24.5 Å². The van der Waals surface area contributed by atoms with Gasteiger partial charge in [-0.2, -0.15) is 4.31 Å². The summed E-state index contributed by atoms with van der Waals surface area (Å²) in [4.78, 5) is 0.353. The fraction of sp³-hybridized carbons (Fsp3) is 0.600. The Morgan fingerprint density at radius 2 is 2.14 bits per heavy atom. The molecule has 6 heteroatoms. The summed E-state index contributed by atoms with van der Waals surface area (Å²) < 4.78 is 32.8. The first-order valence-corrected chi connectivity index (χ1v) is 8.61. The van der Waals surface area contributed by atoms with E-state index in [1.165, 1.54) is 4.31 Å². The second-order valence-corrected chi connectivity index (χ2v) is 7.81. The third kappa shape index (κ3) is 3.29. The molecule has 0 spiro atoms. The lowest BCUT2D eigenvalue weighted by Gasteiger charge is -2.38. The standard InChI is InChI=1S/C15H24N2O3S/c1-12-5-6-13(10-16)9-14(12)21(18,19)17-8-4-7-15(2,11-17)20-3/h5-6,9H,4,7-8,10-11,16H2,1-3H3. The Morgan fingerprint density at radius 1 is 1.43 bits per heavy atom. The molecule has 2 rings (SSSR count). The average molecular weight is 312 g/mol. The molecule has 1 aromatic rings. The van der Waals surface area contributed by atoms with E-state index < -0.39 is 15.6 Å². The molecule has 1 saturated heterocycles. The van der Waals surface area contributed by atoms with Crippen LogP contribution in [0.25, 0.3) is 0 Å². The van der Waals surface area contributed by atoms with Gasteiger partial charge in [-0.25, -0.2) is 8.42 Å². The molecule has 1 heterocycles. The summed E-state index contributed by atoms with van der Waals surface area (Å²) >= 11 is 0. The van der Waals surface area contributed by atoms with Crippen LogP contribution in [-0.2, 0) is 21.3 Å². The Bertz CT molecular complexity index is 615. The van der Waals surface area contributed by atoms with Crippen LogP contribution in [-0.4, -0.2) is 38.5 Å². The van der Waals surface area contributed by atoms with Gasteiger partial charge in [0, 0.05) is 26.7 Å². The van der Waals surface area contributed by atoms with E-state index in [-0.39, 0.29) is 0 Å². The zero-order chi connectivity index (χ0) is 15.7. The van der Waals surface area contributed by atoms with Crippen molar-refractivity contribution in [2.45, 2.75) is 43.7 Å². The van der Waals surface area contributed by atoms with Crippen molar-refractivity contribution >= 4 is 10.0 Å². The van der Waals surface area contributed by atoms with E-state index in [1.54, 1.807) is 13.2 Å². The van der Waals surface area contributed by atoms with Gasteiger partial charge in [-0.05, 0) is 43.9 Å². The highest BCUT2D eigenvalue weighted by atomic mass is 32.2. The molecule has 1 aliphatic rings. The molecule has 1 unspecified atom stereocenters. The second-order valence-electron chi connectivity index (χ2n) is 5.90. The largest absolute Gasteiger partial charge is 0.377 e. The van der Waals surface area contributed by atoms with Crippen molar-refractivity contribution in [1.29, 1.82) is 0 Å². The third-order valence-corrected chi connectivity index (χ3v) is 6.21. The molecule has 0 bridgehead atoms. The lowest BCUT2D eigenvalue weighted by molar-refractivity contribution is -0.0319. The van der Waals surface area contributed by atoms with Crippen LogP contribution in [0.5, 0.6) is 0 Å². The fourth-order valence-electron chi connectivity index (χ4n) is 2.72. The van der Waals surface area contributed by atoms with Crippen molar-refractivity contribution in [2.75, 3.05) is 20.2 Å². The molecule has 0 amide bonds. The molecule has 0 radical (unpaired) electrons. The number of aryl methyl sites for hydroxylation is 1. The Kier molecular flexibility index (Phi) is 4.72. The van der Waals surface area contributed by atoms with Gasteiger partial charge in [0.05, 0.1) is 10.5 Å². The number of rotatable bonds is 4. The van der Waals surface area contributed by atoms with E-state index in [1.807, 2.05) is 26.0 Å². The van der Waals surface area contributed by atoms with E-state index >= 15 is 0 Å². The molecule has 1 aromatic carbocycles. The smallest absolute Gasteiger partial charge is 0.243 e. The van der Waals surface area contributed by atoms with Crippen molar-refractivity contribution < 1.29 is 13.2 Å². The number of piperidine rings is 1. The third-order valence-electron chi connectivity index (χ3n) is 4.22. The monoisotopic (exact) mass is 312 g/mol. The van der Waals surface area contributed by atoms with Gasteiger partial charge in [-0.1, -0.05) is 12.1 Å². The summed E-state index contributed by atoms with van der Waals surface area (Å²) in [7, 11) is -1.87. The van der Waals surface area contributed by atoms with Gasteiger partial charge in [0.25, 0.3) is 0 Å². The van der Waals surface area contributed by atoms with E-state index in [9.17, 15) is 8.42 Å². The molecule has 1 fully saturated rings. The summed E-state index contributed by atoms with van der Waals surface area (Å²) in [6, 6.07) is 5.36. The average Bonchev–Trinajstić information content (AvgIpc) is 2.47. The number of hydrogen-bond acceptors (Lipinski definition) is 4. The number of methoxy groups -OCH3 is 1. The maximum absolute atomic E-state index is 12.9. The van der Waals surface area contributed by atoms with Gasteiger partial charge in [-0.15, -0.1) is 0 Å². The highest BCUT2D eigenvalue weighted by Gasteiger charge is 2.37. The van der Waals surface area contributed by atoms with Gasteiger partial charge < -0.3 is 10.5 Å². The van der Waals surface area contributed by atoms with Crippen molar-refractivity contribution in [3.05, 3.63) is 29.3 Å². The molecule has 0 saturated carbocycles. The highest BCUT2D eigenvalue weighted by Crippen LogP contribution is 2.29. The van der Waals surface area contributed by atoms with Crippen LogP contribution in [0.1, 0.15) is 30.9 Å². The number of benzene rings is 1. The fourth-order valence-corrected chi connectivity index (χ4v) is 4.59. The minimum Gasteiger partial charge on any atom is -0.377 e. The normalized spacial score (nSPS) is 24.2. The molecule has 2 N–H and O–H groups in total. The van der Waals surface area contributed by atoms with Gasteiger partial charge >= 0.3 is 0 Å². The first-order chi connectivity index (χ1) is 9.82. The van der Waals surface area contributed by atoms with Crippen LogP contribution in [0.4, 0.5) is 0 Å². The molecule has 21 heavy (non-hydrogen) atoms. The minimum absolute atomic E-state index is 0.332. The van der Waals surface area contributed by atoms with Crippen molar-refractivity contribution in [3.63, 3.8) is 0 Å². The van der Waals surface area contributed by atoms with Crippen molar-refractivity contribution in [3.8, 4) is 0 Å². The zero-order valence-corrected chi connectivity index (χ0v) is 13.7. The molecule has 1 atom stereocenters. The number of hydrogen-bond donors (Lipinski definition) is 1. The molecule has 0 aromatic heterocycles. The summed E-state index contributed by atoms with van der Waals surface area (Å²) in [5.74, 6) is 0. The number of ether oxygens (including phenoxy) is 1. The lowest BCUT2D eigenvalue weighted by Crippen LogP contribution is -2.49. The lowest BCUT2D eigenvalue weighted by atomic mass is 9.96. The summed E-state index contributed by atoms with van der Waals surface area (Å²) in [5.41, 5.74) is 6.79. The number of nitrogens with zero attached hydrogens (tertiary/aromatic N) is 1. The molecule has 118 valence electrons. The van der Waals surface area contributed by atoms with Gasteiger partial charge in [-0.3, -0.25) is 0 Å². The van der Waals surface area contributed by atoms with Crippen LogP contribution in [0.15, 0.2) is 23.1 Å². The predicted octanol–water partition coefficient (Wildman–Crippen LogP) is 1.64. The molecule has 1 aliphatic heterocycles. The topological polar surface area (TPSA) is 72.6 Å². The molecular formula is C15H24N2O3S. The van der Waals surface area contributed by atoms with E-state index in [2.05, 4.69) is 0 Å². The van der Waals surface area contributed by atoms with E-state index in [0.717, 1.165) is 24.0 Å². The van der Waals surface area contributed by atoms with Gasteiger partial charge in [0.2, 0.25) is 10.0 Å². The van der Waals surface area contributed by atoms with Crippen LogP contribution < -0.4 is 5.73 Å². The molecule has 5 nitrogen and oxygen atoms in total. The first-order valence-electron chi connectivity index (χ1n) is 7.17. The van der Waals surface area contributed by atoms with Gasteiger partial charge in [0.15, 0.2) is 0 Å². The Morgan fingerprint density at radius 3 is 2.76 bits per heavy atom. The maximum Gasteiger partial charge on any atom is 0.243 e. The SMILES string of the molecule is COC1(C)CCCN(S(=O)(=O)c2cc(CN)ccc2C)C1. The maximum atomic E-state index is 12.9. The summed E-state index contributed by atoms with van der Waals surface area (Å²) in [5, 5.41) is 0. The Labute approximate surface area is 127 Å². The van der Waals surface area contributed by atoms with Crippen LogP contribution in [0.2, 0.25) is 0 Å². The quantitative estimate of drug-likeness (QED) is 0.917. The van der Waals surface area contributed by atoms with Crippen molar-refractivity contribution in [2.24, 2.45) is 5.73 Å². The van der Waals surface area contributed by atoms with Crippen LogP contribution >= 0.6 is 0 Å². The summed E-state index contributed by atoms with van der Waals surface area (Å²) in [6.07, 6.45) is 1.68. The number of nitrogens with two attached hydrogens (primary N) is 1. The molecular weight excluding hydrogens is 288 g/mol. The van der Waals surface area contributed by atoms with E-state index in [4.69, 9.17) is 10.5 Å². The van der Waals surface area contributed by atoms with Gasteiger partial charge in [0.1, 0.15) is 0 Å². The van der Waals surface area contributed by atoms with Crippen LogP contribution in [0.3, 0.4) is 0 Å². The number of sulfonamides is 1. The highest BCUT2D eigenvalue weighted by molar-refractivity contribution is 7.89. The zero-order valence-electron chi connectivity index (χ0n) is 12.9. The second kappa shape index (κ2) is 6.04. The van der Waals surface area contributed by atoms with Crippen LogP contribution in [0, 0.1) is 6.92 Å². The van der Waals surface area contributed by atoms with Crippen molar-refractivity contribution in [1.82, 2.24) is 4.31 Å².